The van der Waals surface area contributed by atoms with Crippen molar-refractivity contribution in [1.82, 2.24) is 19.1 Å². The minimum Gasteiger partial charge on any atom is -0.487 e. The number of rotatable bonds is 8. The molecule has 0 saturated carbocycles. The van der Waals surface area contributed by atoms with Crippen molar-refractivity contribution in [2.75, 3.05) is 32.7 Å². The number of pyridine rings is 1. The van der Waals surface area contributed by atoms with Crippen LogP contribution in [0.3, 0.4) is 0 Å². The first kappa shape index (κ1) is 35.4. The largest absolute Gasteiger partial charge is 0.487 e. The minimum atomic E-state index is -4.21. The fraction of sp³-hybridized carbons (Fsp3) is 0.314. The van der Waals surface area contributed by atoms with E-state index >= 15 is 0 Å². The van der Waals surface area contributed by atoms with Gasteiger partial charge in [-0.2, -0.15) is 4.31 Å². The molecule has 2 fully saturated rings. The summed E-state index contributed by atoms with van der Waals surface area (Å²) in [6, 6.07) is 15.9. The first-order chi connectivity index (χ1) is 23.9. The molecule has 3 aromatic carbocycles. The highest BCUT2D eigenvalue weighted by atomic mass is 35.5. The number of nitrogens with two attached hydrogens (primary N) is 1. The van der Waals surface area contributed by atoms with Gasteiger partial charge in [-0.3, -0.25) is 9.59 Å². The lowest BCUT2D eigenvalue weighted by atomic mass is 10.1. The number of aromatic nitrogens is 1. The number of carbonyl (C=O) groups excluding carboxylic acids is 2. The second kappa shape index (κ2) is 14.4. The van der Waals surface area contributed by atoms with Crippen LogP contribution < -0.4 is 10.5 Å². The molecule has 4 aromatic rings. The van der Waals surface area contributed by atoms with E-state index in [4.69, 9.17) is 38.9 Å². The van der Waals surface area contributed by atoms with Gasteiger partial charge >= 0.3 is 0 Å². The summed E-state index contributed by atoms with van der Waals surface area (Å²) in [5.74, 6) is -0.0826. The standard InChI is InChI=1S/C35H36Cl2N6O6S/c1-21-19-22(2)39-32-25(21)5-3-7-29(32)49-20-26-27(36)12-13-30(31(26)37)50(47,48)43-14-4-6-28(43)35(45)42-17-15-41(16-18-42)34(44)24-10-8-23(9-11-24)33(38)40-46/h3,5,7-13,19,28,46H,4,6,14-18,20H2,1-2H3,(H2,38,40)/t28-/m0/s1. The zero-order valence-corrected chi connectivity index (χ0v) is 29.8. The van der Waals surface area contributed by atoms with Crippen molar-refractivity contribution in [3.05, 3.63) is 98.7 Å². The number of hydrogen-bond acceptors (Lipinski definition) is 8. The van der Waals surface area contributed by atoms with Gasteiger partial charge in [-0.15, -0.1) is 0 Å². The molecule has 6 rings (SSSR count). The van der Waals surface area contributed by atoms with Gasteiger partial charge in [0, 0.05) is 65.5 Å². The third-order valence-corrected chi connectivity index (χ3v) is 12.0. The monoisotopic (exact) mass is 738 g/mol. The lowest BCUT2D eigenvalue weighted by Gasteiger charge is -2.37. The Morgan fingerprint density at radius 1 is 0.980 bits per heavy atom. The van der Waals surface area contributed by atoms with Crippen molar-refractivity contribution in [2.24, 2.45) is 10.9 Å². The maximum absolute atomic E-state index is 14.1. The Hall–Kier alpha value is -4.43. The SMILES string of the molecule is Cc1cc(C)c2cccc(OCc3c(Cl)ccc(S(=O)(=O)N4CCC[C@H]4C(=O)N4CCN(C(=O)c5ccc(C(N)=NO)cc5)CC4)c3Cl)c2n1. The molecular weight excluding hydrogens is 703 g/mol. The van der Waals surface area contributed by atoms with Crippen LogP contribution in [0.15, 0.2) is 70.7 Å². The van der Waals surface area contributed by atoms with Gasteiger partial charge in [-0.05, 0) is 68.7 Å². The molecule has 15 heteroatoms. The van der Waals surface area contributed by atoms with Crippen molar-refractivity contribution in [3.63, 3.8) is 0 Å². The number of hydrogen-bond donors (Lipinski definition) is 2. The van der Waals surface area contributed by atoms with E-state index in [0.717, 1.165) is 16.6 Å². The van der Waals surface area contributed by atoms with Gasteiger partial charge in [0.2, 0.25) is 15.9 Å². The third-order valence-electron chi connectivity index (χ3n) is 9.15. The molecular formula is C35H36Cl2N6O6S. The highest BCUT2D eigenvalue weighted by molar-refractivity contribution is 7.89. The van der Waals surface area contributed by atoms with Crippen LogP contribution in [0.4, 0.5) is 0 Å². The minimum absolute atomic E-state index is 0.0633. The maximum Gasteiger partial charge on any atom is 0.253 e. The molecule has 12 nitrogen and oxygen atoms in total. The summed E-state index contributed by atoms with van der Waals surface area (Å²) in [5, 5.41) is 12.9. The van der Waals surface area contributed by atoms with Crippen LogP contribution in [0.5, 0.6) is 5.75 Å². The quantitative estimate of drug-likeness (QED) is 0.111. The number of ether oxygens (including phenoxy) is 1. The molecule has 2 aliphatic rings. The Labute approximate surface area is 300 Å². The van der Waals surface area contributed by atoms with E-state index in [2.05, 4.69) is 10.1 Å². The Balaban J connectivity index is 1.15. The first-order valence-corrected chi connectivity index (χ1v) is 18.2. The number of oxime groups is 1. The molecule has 2 saturated heterocycles. The topological polar surface area (TPSA) is 159 Å². The number of nitrogens with zero attached hydrogens (tertiary/aromatic N) is 5. The highest BCUT2D eigenvalue weighted by Gasteiger charge is 2.43. The lowest BCUT2D eigenvalue weighted by molar-refractivity contribution is -0.136. The number of halogens is 2. The van der Waals surface area contributed by atoms with Gasteiger partial charge in [-0.1, -0.05) is 52.6 Å². The van der Waals surface area contributed by atoms with Crippen LogP contribution in [0.1, 0.15) is 45.6 Å². The van der Waals surface area contributed by atoms with Crippen LogP contribution in [0.25, 0.3) is 10.9 Å². The highest BCUT2D eigenvalue weighted by Crippen LogP contribution is 2.37. The number of amides is 2. The van der Waals surface area contributed by atoms with E-state index in [9.17, 15) is 18.0 Å². The summed E-state index contributed by atoms with van der Waals surface area (Å²) in [7, 11) is -4.21. The molecule has 1 aromatic heterocycles. The number of amidine groups is 1. The van der Waals surface area contributed by atoms with Crippen LogP contribution >= 0.6 is 23.2 Å². The fourth-order valence-electron chi connectivity index (χ4n) is 6.50. The zero-order chi connectivity index (χ0) is 35.7. The summed E-state index contributed by atoms with van der Waals surface area (Å²) in [6.07, 6.45) is 0.863. The van der Waals surface area contributed by atoms with E-state index in [-0.39, 0.29) is 71.9 Å². The Bertz CT molecular complexity index is 2100. The second-order valence-corrected chi connectivity index (χ2v) is 15.0. The van der Waals surface area contributed by atoms with Gasteiger partial charge in [0.1, 0.15) is 28.8 Å². The van der Waals surface area contributed by atoms with Gasteiger partial charge in [0.15, 0.2) is 5.84 Å². The molecule has 3 heterocycles. The number of carbonyl (C=O) groups is 2. The number of aryl methyl sites for hydroxylation is 2. The van der Waals surface area contributed by atoms with Crippen molar-refractivity contribution in [3.8, 4) is 5.75 Å². The predicted octanol–water partition coefficient (Wildman–Crippen LogP) is 4.97. The molecule has 0 unspecified atom stereocenters. The van der Waals surface area contributed by atoms with Crippen molar-refractivity contribution >= 4 is 61.8 Å². The van der Waals surface area contributed by atoms with Crippen LogP contribution in [-0.4, -0.2) is 89.1 Å². The summed E-state index contributed by atoms with van der Waals surface area (Å²) in [6.45, 7) is 5.02. The molecule has 2 amide bonds. The summed E-state index contributed by atoms with van der Waals surface area (Å²) < 4.78 is 35.6. The summed E-state index contributed by atoms with van der Waals surface area (Å²) >= 11 is 13.3. The molecule has 0 spiro atoms. The van der Waals surface area contributed by atoms with Crippen LogP contribution in [0, 0.1) is 13.8 Å². The second-order valence-electron chi connectivity index (χ2n) is 12.3. The Morgan fingerprint density at radius 2 is 1.66 bits per heavy atom. The normalized spacial score (nSPS) is 17.4. The van der Waals surface area contributed by atoms with Gasteiger partial charge in [-0.25, -0.2) is 13.4 Å². The number of piperazine rings is 1. The van der Waals surface area contributed by atoms with Gasteiger partial charge < -0.3 is 25.5 Å². The lowest BCUT2D eigenvalue weighted by Crippen LogP contribution is -2.55. The number of sulfonamides is 1. The van der Waals surface area contributed by atoms with Crippen LogP contribution in [0.2, 0.25) is 10.0 Å². The maximum atomic E-state index is 14.1. The summed E-state index contributed by atoms with van der Waals surface area (Å²) in [4.78, 5) is 34.6. The third kappa shape index (κ3) is 6.82. The van der Waals surface area contributed by atoms with E-state index in [1.54, 1.807) is 40.1 Å². The average Bonchev–Trinajstić information content (AvgIpc) is 3.62. The van der Waals surface area contributed by atoms with E-state index in [1.165, 1.54) is 16.4 Å². The van der Waals surface area contributed by atoms with Crippen molar-refractivity contribution in [1.29, 1.82) is 0 Å². The number of benzene rings is 3. The molecule has 0 bridgehead atoms. The number of para-hydroxylation sites is 1. The molecule has 1 atom stereocenters. The average molecular weight is 740 g/mol. The Morgan fingerprint density at radius 3 is 2.36 bits per heavy atom. The molecule has 0 radical (unpaired) electrons. The Kier molecular flexibility index (Phi) is 10.2. The van der Waals surface area contributed by atoms with E-state index in [1.807, 2.05) is 32.0 Å². The zero-order valence-electron chi connectivity index (χ0n) is 27.5. The van der Waals surface area contributed by atoms with Crippen molar-refractivity contribution < 1.29 is 28.0 Å². The van der Waals surface area contributed by atoms with Gasteiger partial charge in [0.05, 0.1) is 5.02 Å². The van der Waals surface area contributed by atoms with Crippen LogP contribution in [-0.2, 0) is 21.4 Å². The predicted molar refractivity (Wildman–Crippen MR) is 190 cm³/mol. The molecule has 262 valence electrons. The first-order valence-electron chi connectivity index (χ1n) is 16.0. The van der Waals surface area contributed by atoms with E-state index in [0.29, 0.717) is 40.8 Å². The van der Waals surface area contributed by atoms with Crippen molar-refractivity contribution in [2.45, 2.75) is 44.2 Å². The van der Waals surface area contributed by atoms with E-state index < -0.39 is 16.1 Å². The smallest absolute Gasteiger partial charge is 0.253 e. The molecule has 2 aliphatic heterocycles. The molecule has 0 aliphatic carbocycles. The summed E-state index contributed by atoms with van der Waals surface area (Å²) in [5.41, 5.74) is 9.38. The fourth-order valence-corrected chi connectivity index (χ4v) is 9.01. The van der Waals surface area contributed by atoms with Gasteiger partial charge in [0.25, 0.3) is 5.91 Å². The molecule has 3 N–H and O–H groups in total. The number of fused-ring (bicyclic) bond motifs is 1. The molecule has 50 heavy (non-hydrogen) atoms.